The lowest BCUT2D eigenvalue weighted by molar-refractivity contribution is -0.124. The molecule has 0 N–H and O–H groups in total. The van der Waals surface area contributed by atoms with Gasteiger partial charge in [-0.15, -0.1) is 0 Å². The second-order valence-electron chi connectivity index (χ2n) is 12.9. The third kappa shape index (κ3) is 5.43. The van der Waals surface area contributed by atoms with Gasteiger partial charge in [0.15, 0.2) is 5.78 Å². The number of halogens is 2. The van der Waals surface area contributed by atoms with Crippen molar-refractivity contribution < 1.29 is 13.6 Å². The number of fused-ring (bicyclic) bond motifs is 6. The smallest absolute Gasteiger partial charge is 0.164 e. The van der Waals surface area contributed by atoms with Crippen molar-refractivity contribution in [2.45, 2.75) is 107 Å². The molecule has 3 heteroatoms. The van der Waals surface area contributed by atoms with Gasteiger partial charge in [0.1, 0.15) is 6.67 Å². The zero-order valence-electron chi connectivity index (χ0n) is 22.5. The largest absolute Gasteiger partial charge is 0.297 e. The standard InChI is InChI=1S/C17H21FO.C17H23F/c18-13-15(19)12-16-6-9-17(10-7-16,11-8-16)14-4-2-1-3-5-14;18-14-4-7-16-8-11-17(12-9-16,13-10-16)15-5-2-1-3-6-15/h1-5H,6-13H2;1-3,5-6H,4,7-14H2. The Morgan fingerprint density at radius 3 is 1.38 bits per heavy atom. The molecule has 6 fully saturated rings. The molecule has 6 aliphatic rings. The van der Waals surface area contributed by atoms with E-state index in [0.717, 1.165) is 51.4 Å². The van der Waals surface area contributed by atoms with Crippen molar-refractivity contribution in [3.63, 3.8) is 0 Å². The number of hydrogen-bond donors (Lipinski definition) is 0. The first-order valence-electron chi connectivity index (χ1n) is 14.7. The van der Waals surface area contributed by atoms with Gasteiger partial charge in [0.2, 0.25) is 0 Å². The van der Waals surface area contributed by atoms with Crippen LogP contribution in [-0.2, 0) is 15.6 Å². The molecule has 6 aliphatic carbocycles. The van der Waals surface area contributed by atoms with E-state index in [1.54, 1.807) is 5.56 Å². The quantitative estimate of drug-likeness (QED) is 0.349. The summed E-state index contributed by atoms with van der Waals surface area (Å²) < 4.78 is 24.9. The van der Waals surface area contributed by atoms with E-state index in [-0.39, 0.29) is 17.9 Å². The van der Waals surface area contributed by atoms with Crippen molar-refractivity contribution in [3.05, 3.63) is 71.8 Å². The predicted molar refractivity (Wildman–Crippen MR) is 147 cm³/mol. The van der Waals surface area contributed by atoms with Crippen molar-refractivity contribution in [1.82, 2.24) is 0 Å². The lowest BCUT2D eigenvalue weighted by Gasteiger charge is -2.54. The van der Waals surface area contributed by atoms with Gasteiger partial charge in [0.25, 0.3) is 0 Å². The topological polar surface area (TPSA) is 17.1 Å². The molecular weight excluding hydrogens is 462 g/mol. The number of hydrogen-bond acceptors (Lipinski definition) is 1. The van der Waals surface area contributed by atoms with Crippen LogP contribution in [0.5, 0.6) is 0 Å². The van der Waals surface area contributed by atoms with Crippen molar-refractivity contribution in [3.8, 4) is 0 Å². The fraction of sp³-hybridized carbons (Fsp3) is 0.618. The second kappa shape index (κ2) is 11.0. The number of benzene rings is 2. The number of carbonyl (C=O) groups excluding carboxylic acids is 1. The first-order valence-corrected chi connectivity index (χ1v) is 14.7. The lowest BCUT2D eigenvalue weighted by Crippen LogP contribution is -2.45. The van der Waals surface area contributed by atoms with Crippen LogP contribution < -0.4 is 0 Å². The summed E-state index contributed by atoms with van der Waals surface area (Å²) in [7, 11) is 0. The Bertz CT molecular complexity index is 981. The summed E-state index contributed by atoms with van der Waals surface area (Å²) >= 11 is 0. The lowest BCUT2D eigenvalue weighted by atomic mass is 9.51. The van der Waals surface area contributed by atoms with Gasteiger partial charge in [0.05, 0.1) is 6.67 Å². The highest BCUT2D eigenvalue weighted by atomic mass is 19.1. The van der Waals surface area contributed by atoms with Crippen LogP contribution in [-0.4, -0.2) is 19.1 Å². The Morgan fingerprint density at radius 1 is 0.595 bits per heavy atom. The Morgan fingerprint density at radius 2 is 1.00 bits per heavy atom. The van der Waals surface area contributed by atoms with E-state index in [1.807, 2.05) is 0 Å². The first kappa shape index (κ1) is 26.6. The molecule has 37 heavy (non-hydrogen) atoms. The highest BCUT2D eigenvalue weighted by Crippen LogP contribution is 2.60. The van der Waals surface area contributed by atoms with Crippen molar-refractivity contribution in [2.24, 2.45) is 10.8 Å². The average molecular weight is 507 g/mol. The normalized spacial score (nSPS) is 34.0. The predicted octanol–water partition coefficient (Wildman–Crippen LogP) is 9.24. The van der Waals surface area contributed by atoms with E-state index in [2.05, 4.69) is 60.7 Å². The first-order chi connectivity index (χ1) is 18.0. The number of Topliss-reactive ketones (excluding diaryl/α,β-unsaturated/α-hetero) is 1. The van der Waals surface area contributed by atoms with Crippen LogP contribution >= 0.6 is 0 Å². The summed E-state index contributed by atoms with van der Waals surface area (Å²) in [5.74, 6) is -0.200. The highest BCUT2D eigenvalue weighted by Gasteiger charge is 2.50. The molecule has 2 aromatic rings. The molecule has 0 aromatic heterocycles. The summed E-state index contributed by atoms with van der Waals surface area (Å²) in [5, 5.41) is 0. The molecule has 0 amide bonds. The fourth-order valence-corrected chi connectivity index (χ4v) is 8.52. The molecule has 6 saturated carbocycles. The van der Waals surface area contributed by atoms with Crippen molar-refractivity contribution in [1.29, 1.82) is 0 Å². The molecule has 0 unspecified atom stereocenters. The van der Waals surface area contributed by atoms with Crippen molar-refractivity contribution in [2.75, 3.05) is 13.3 Å². The third-order valence-corrected chi connectivity index (χ3v) is 11.1. The van der Waals surface area contributed by atoms with Gasteiger partial charge >= 0.3 is 0 Å². The zero-order chi connectivity index (χ0) is 25.8. The summed E-state index contributed by atoms with van der Waals surface area (Å²) in [4.78, 5) is 11.4. The van der Waals surface area contributed by atoms with Gasteiger partial charge in [-0.1, -0.05) is 60.7 Å². The van der Waals surface area contributed by atoms with Crippen LogP contribution in [0.4, 0.5) is 8.78 Å². The summed E-state index contributed by atoms with van der Waals surface area (Å²) in [6.07, 6.45) is 17.1. The molecule has 0 saturated heterocycles. The number of rotatable bonds is 8. The van der Waals surface area contributed by atoms with E-state index in [9.17, 15) is 13.6 Å². The minimum atomic E-state index is -0.786. The van der Waals surface area contributed by atoms with E-state index in [4.69, 9.17) is 0 Å². The number of carbonyl (C=O) groups is 1. The monoisotopic (exact) mass is 506 g/mol. The maximum absolute atomic E-state index is 12.5. The van der Waals surface area contributed by atoms with E-state index >= 15 is 0 Å². The van der Waals surface area contributed by atoms with Gasteiger partial charge in [-0.2, -0.15) is 0 Å². The maximum Gasteiger partial charge on any atom is 0.164 e. The summed E-state index contributed by atoms with van der Waals surface area (Å²) in [6.45, 7) is -0.919. The van der Waals surface area contributed by atoms with Gasteiger partial charge in [-0.25, -0.2) is 4.39 Å². The third-order valence-electron chi connectivity index (χ3n) is 11.1. The van der Waals surface area contributed by atoms with Crippen LogP contribution in [0.1, 0.15) is 107 Å². The second-order valence-corrected chi connectivity index (χ2v) is 12.9. The molecule has 1 nitrogen and oxygen atoms in total. The molecule has 8 rings (SSSR count). The van der Waals surface area contributed by atoms with Gasteiger partial charge in [-0.05, 0) is 123 Å². The molecule has 4 bridgehead atoms. The van der Waals surface area contributed by atoms with E-state index in [1.165, 1.54) is 44.1 Å². The van der Waals surface area contributed by atoms with Gasteiger partial charge in [-0.3, -0.25) is 9.18 Å². The average Bonchev–Trinajstić information content (AvgIpc) is 2.99. The van der Waals surface area contributed by atoms with Crippen LogP contribution in [0.15, 0.2) is 60.7 Å². The highest BCUT2D eigenvalue weighted by molar-refractivity contribution is 5.80. The van der Waals surface area contributed by atoms with Gasteiger partial charge < -0.3 is 0 Å². The van der Waals surface area contributed by atoms with Crippen LogP contribution in [0.3, 0.4) is 0 Å². The van der Waals surface area contributed by atoms with E-state index < -0.39 is 6.67 Å². The maximum atomic E-state index is 12.5. The molecule has 0 aliphatic heterocycles. The number of alkyl halides is 2. The molecule has 0 radical (unpaired) electrons. The fourth-order valence-electron chi connectivity index (χ4n) is 8.52. The summed E-state index contributed by atoms with van der Waals surface area (Å²) in [5.41, 5.74) is 4.42. The Balaban J connectivity index is 0.000000152. The molecule has 0 spiro atoms. The van der Waals surface area contributed by atoms with Crippen LogP contribution in [0.25, 0.3) is 0 Å². The molecule has 200 valence electrons. The minimum absolute atomic E-state index is 0.125. The number of ketones is 1. The van der Waals surface area contributed by atoms with Crippen LogP contribution in [0.2, 0.25) is 0 Å². The Hall–Kier alpha value is -2.03. The Labute approximate surface area is 222 Å². The molecule has 0 atom stereocenters. The van der Waals surface area contributed by atoms with Gasteiger partial charge in [0, 0.05) is 6.42 Å². The van der Waals surface area contributed by atoms with E-state index in [0.29, 0.717) is 22.7 Å². The minimum Gasteiger partial charge on any atom is -0.297 e. The summed E-state index contributed by atoms with van der Waals surface area (Å²) in [6, 6.07) is 21.8. The molecule has 0 heterocycles. The molecular formula is C34H44F2O. The Kier molecular flexibility index (Phi) is 7.89. The van der Waals surface area contributed by atoms with Crippen LogP contribution in [0, 0.1) is 10.8 Å². The zero-order valence-corrected chi connectivity index (χ0v) is 22.5. The van der Waals surface area contributed by atoms with Crippen molar-refractivity contribution >= 4 is 5.78 Å². The SMILES string of the molecule is FCCCC12CCC(c3ccccc3)(CC1)CC2.O=C(CF)CC12CCC(c3ccccc3)(CC1)CC2. The molecule has 2 aromatic carbocycles.